The fourth-order valence-corrected chi connectivity index (χ4v) is 2.57. The molecular weight excluding hydrogens is 203 g/mol. The van der Waals surface area contributed by atoms with Crippen molar-refractivity contribution >= 4 is 11.4 Å². The minimum Gasteiger partial charge on any atom is -0.399 e. The highest BCUT2D eigenvalue weighted by Gasteiger charge is 2.27. The van der Waals surface area contributed by atoms with E-state index in [0.29, 0.717) is 17.6 Å². The van der Waals surface area contributed by atoms with Crippen molar-refractivity contribution in [3.8, 4) is 0 Å². The summed E-state index contributed by atoms with van der Waals surface area (Å²) in [4.78, 5) is 2.28. The Kier molecular flexibility index (Phi) is 3.03. The first-order chi connectivity index (χ1) is 7.58. The molecule has 0 saturated carbocycles. The van der Waals surface area contributed by atoms with Crippen molar-refractivity contribution in [2.45, 2.75) is 32.7 Å². The molecule has 0 radical (unpaired) electrons. The van der Waals surface area contributed by atoms with Crippen LogP contribution in [0.4, 0.5) is 15.8 Å². The number of halogens is 1. The molecule has 88 valence electrons. The first-order valence-electron chi connectivity index (χ1n) is 5.90. The SMILES string of the molecule is CC(C)C1CCCN1c1cc(N)cc(F)c1. The summed E-state index contributed by atoms with van der Waals surface area (Å²) in [5, 5.41) is 0. The van der Waals surface area contributed by atoms with E-state index < -0.39 is 0 Å². The molecule has 16 heavy (non-hydrogen) atoms. The summed E-state index contributed by atoms with van der Waals surface area (Å²) in [6.07, 6.45) is 2.37. The molecule has 1 atom stereocenters. The number of hydrogen-bond donors (Lipinski definition) is 1. The highest BCUT2D eigenvalue weighted by atomic mass is 19.1. The highest BCUT2D eigenvalue weighted by Crippen LogP contribution is 2.31. The molecular formula is C13H19FN2. The Bertz CT molecular complexity index is 356. The van der Waals surface area contributed by atoms with Crippen LogP contribution >= 0.6 is 0 Å². The van der Waals surface area contributed by atoms with Gasteiger partial charge in [-0.25, -0.2) is 4.39 Å². The number of anilines is 2. The molecule has 0 aliphatic carbocycles. The van der Waals surface area contributed by atoms with Gasteiger partial charge >= 0.3 is 0 Å². The molecule has 1 heterocycles. The van der Waals surface area contributed by atoms with Gasteiger partial charge in [-0.15, -0.1) is 0 Å². The Hall–Kier alpha value is -1.25. The van der Waals surface area contributed by atoms with Gasteiger partial charge in [0.2, 0.25) is 0 Å². The molecule has 0 amide bonds. The maximum atomic E-state index is 13.3. The first-order valence-corrected chi connectivity index (χ1v) is 5.90. The molecule has 1 unspecified atom stereocenters. The molecule has 1 fully saturated rings. The number of nitrogen functional groups attached to an aromatic ring is 1. The van der Waals surface area contributed by atoms with Gasteiger partial charge in [0.1, 0.15) is 5.82 Å². The van der Waals surface area contributed by atoms with Crippen LogP contribution < -0.4 is 10.6 Å². The van der Waals surface area contributed by atoms with E-state index in [2.05, 4.69) is 18.7 Å². The van der Waals surface area contributed by atoms with Crippen LogP contribution in [0.2, 0.25) is 0 Å². The maximum absolute atomic E-state index is 13.3. The smallest absolute Gasteiger partial charge is 0.127 e. The lowest BCUT2D eigenvalue weighted by molar-refractivity contribution is 0.491. The Labute approximate surface area is 96.2 Å². The Balaban J connectivity index is 2.29. The Morgan fingerprint density at radius 1 is 1.38 bits per heavy atom. The van der Waals surface area contributed by atoms with E-state index >= 15 is 0 Å². The second kappa shape index (κ2) is 4.32. The number of nitrogens with zero attached hydrogens (tertiary/aromatic N) is 1. The zero-order valence-corrected chi connectivity index (χ0v) is 9.91. The van der Waals surface area contributed by atoms with Gasteiger partial charge in [0, 0.05) is 24.0 Å². The molecule has 1 aromatic rings. The fourth-order valence-electron chi connectivity index (χ4n) is 2.57. The van der Waals surface area contributed by atoms with Crippen molar-refractivity contribution in [1.29, 1.82) is 0 Å². The van der Waals surface area contributed by atoms with Crippen molar-refractivity contribution in [2.24, 2.45) is 5.92 Å². The summed E-state index contributed by atoms with van der Waals surface area (Å²) in [6.45, 7) is 5.43. The summed E-state index contributed by atoms with van der Waals surface area (Å²) < 4.78 is 13.3. The van der Waals surface area contributed by atoms with Gasteiger partial charge in [0.25, 0.3) is 0 Å². The van der Waals surface area contributed by atoms with Crippen LogP contribution in [0.15, 0.2) is 18.2 Å². The third-order valence-corrected chi connectivity index (χ3v) is 3.31. The molecule has 3 heteroatoms. The van der Waals surface area contributed by atoms with E-state index in [9.17, 15) is 4.39 Å². The third-order valence-electron chi connectivity index (χ3n) is 3.31. The minimum atomic E-state index is -0.246. The van der Waals surface area contributed by atoms with Gasteiger partial charge in [-0.1, -0.05) is 13.8 Å². The van der Waals surface area contributed by atoms with E-state index in [4.69, 9.17) is 5.73 Å². The number of rotatable bonds is 2. The summed E-state index contributed by atoms with van der Waals surface area (Å²) in [6, 6.07) is 5.33. The topological polar surface area (TPSA) is 29.3 Å². The number of benzene rings is 1. The van der Waals surface area contributed by atoms with E-state index in [0.717, 1.165) is 12.2 Å². The standard InChI is InChI=1S/C13H19FN2/c1-9(2)13-4-3-5-16(13)12-7-10(14)6-11(15)8-12/h6-9,13H,3-5,15H2,1-2H3. The van der Waals surface area contributed by atoms with Crippen LogP contribution in [0.1, 0.15) is 26.7 Å². The molecule has 0 spiro atoms. The molecule has 1 aromatic carbocycles. The largest absolute Gasteiger partial charge is 0.399 e. The average molecular weight is 222 g/mol. The Morgan fingerprint density at radius 3 is 2.75 bits per heavy atom. The van der Waals surface area contributed by atoms with E-state index in [1.165, 1.54) is 18.9 Å². The van der Waals surface area contributed by atoms with Crippen LogP contribution in [0.25, 0.3) is 0 Å². The monoisotopic (exact) mass is 222 g/mol. The lowest BCUT2D eigenvalue weighted by Gasteiger charge is -2.29. The van der Waals surface area contributed by atoms with E-state index in [1.807, 2.05) is 6.07 Å². The van der Waals surface area contributed by atoms with Gasteiger partial charge in [-0.3, -0.25) is 0 Å². The van der Waals surface area contributed by atoms with Crippen LogP contribution in [-0.2, 0) is 0 Å². The molecule has 2 rings (SSSR count). The molecule has 2 nitrogen and oxygen atoms in total. The third kappa shape index (κ3) is 2.13. The zero-order valence-electron chi connectivity index (χ0n) is 9.91. The predicted molar refractivity (Wildman–Crippen MR) is 66.0 cm³/mol. The Morgan fingerprint density at radius 2 is 2.12 bits per heavy atom. The van der Waals surface area contributed by atoms with Crippen LogP contribution in [0.3, 0.4) is 0 Å². The summed E-state index contributed by atoms with van der Waals surface area (Å²) in [7, 11) is 0. The molecule has 1 saturated heterocycles. The average Bonchev–Trinajstić information content (AvgIpc) is 2.63. The van der Waals surface area contributed by atoms with Gasteiger partial charge in [0.05, 0.1) is 0 Å². The molecule has 2 N–H and O–H groups in total. The fraction of sp³-hybridized carbons (Fsp3) is 0.538. The molecule has 1 aliphatic rings. The van der Waals surface area contributed by atoms with Gasteiger partial charge in [-0.2, -0.15) is 0 Å². The second-order valence-electron chi connectivity index (χ2n) is 4.89. The quantitative estimate of drug-likeness (QED) is 0.779. The lowest BCUT2D eigenvalue weighted by Crippen LogP contribution is -2.33. The maximum Gasteiger partial charge on any atom is 0.127 e. The van der Waals surface area contributed by atoms with Crippen molar-refractivity contribution in [3.63, 3.8) is 0 Å². The summed E-state index contributed by atoms with van der Waals surface area (Å²) in [5.74, 6) is 0.344. The predicted octanol–water partition coefficient (Wildman–Crippen LogP) is 3.03. The number of nitrogens with two attached hydrogens (primary N) is 1. The normalized spacial score (nSPS) is 20.8. The lowest BCUT2D eigenvalue weighted by atomic mass is 10.0. The van der Waals surface area contributed by atoms with Crippen molar-refractivity contribution in [1.82, 2.24) is 0 Å². The van der Waals surface area contributed by atoms with Gasteiger partial charge in [-0.05, 0) is 37.0 Å². The number of hydrogen-bond acceptors (Lipinski definition) is 2. The molecule has 0 aromatic heterocycles. The van der Waals surface area contributed by atoms with Crippen LogP contribution in [0.5, 0.6) is 0 Å². The zero-order chi connectivity index (χ0) is 11.7. The van der Waals surface area contributed by atoms with Crippen molar-refractivity contribution in [2.75, 3.05) is 17.2 Å². The first kappa shape index (κ1) is 11.2. The summed E-state index contributed by atoms with van der Waals surface area (Å²) in [5.41, 5.74) is 7.11. The van der Waals surface area contributed by atoms with Gasteiger partial charge in [0.15, 0.2) is 0 Å². The van der Waals surface area contributed by atoms with Crippen molar-refractivity contribution < 1.29 is 4.39 Å². The van der Waals surface area contributed by atoms with Crippen molar-refractivity contribution in [3.05, 3.63) is 24.0 Å². The van der Waals surface area contributed by atoms with E-state index in [-0.39, 0.29) is 5.82 Å². The highest BCUT2D eigenvalue weighted by molar-refractivity contribution is 5.57. The molecule has 1 aliphatic heterocycles. The van der Waals surface area contributed by atoms with Gasteiger partial charge < -0.3 is 10.6 Å². The second-order valence-corrected chi connectivity index (χ2v) is 4.89. The van der Waals surface area contributed by atoms with E-state index in [1.54, 1.807) is 6.07 Å². The van der Waals surface area contributed by atoms with Crippen LogP contribution in [0, 0.1) is 11.7 Å². The summed E-state index contributed by atoms with van der Waals surface area (Å²) >= 11 is 0. The minimum absolute atomic E-state index is 0.246. The molecule has 0 bridgehead atoms. The van der Waals surface area contributed by atoms with Crippen LogP contribution in [-0.4, -0.2) is 12.6 Å².